The van der Waals surface area contributed by atoms with Crippen molar-refractivity contribution in [3.05, 3.63) is 68.4 Å². The first-order valence-electron chi connectivity index (χ1n) is 7.62. The molecular weight excluding hydrogens is 379 g/mol. The molecule has 3 rings (SSSR count). The molecule has 0 radical (unpaired) electrons. The van der Waals surface area contributed by atoms with Crippen LogP contribution >= 0.6 is 35.0 Å². The van der Waals surface area contributed by atoms with Crippen LogP contribution in [0.15, 0.2) is 52.4 Å². The summed E-state index contributed by atoms with van der Waals surface area (Å²) in [6.07, 6.45) is 0. The molecule has 4 nitrogen and oxygen atoms in total. The van der Waals surface area contributed by atoms with Gasteiger partial charge in [-0.3, -0.25) is 14.2 Å². The maximum absolute atomic E-state index is 12.6. The Morgan fingerprint density at radius 3 is 2.68 bits per heavy atom. The van der Waals surface area contributed by atoms with Crippen molar-refractivity contribution in [3.8, 4) is 0 Å². The largest absolute Gasteiger partial charge is 0.293 e. The van der Waals surface area contributed by atoms with Gasteiger partial charge < -0.3 is 0 Å². The summed E-state index contributed by atoms with van der Waals surface area (Å²) in [7, 11) is 0. The lowest BCUT2D eigenvalue weighted by Crippen LogP contribution is -2.22. The van der Waals surface area contributed by atoms with E-state index in [-0.39, 0.29) is 17.1 Å². The third kappa shape index (κ3) is 3.73. The van der Waals surface area contributed by atoms with Gasteiger partial charge >= 0.3 is 0 Å². The molecule has 0 atom stereocenters. The first-order valence-corrected chi connectivity index (χ1v) is 9.36. The fourth-order valence-electron chi connectivity index (χ4n) is 2.46. The van der Waals surface area contributed by atoms with E-state index in [0.29, 0.717) is 38.2 Å². The normalized spacial score (nSPS) is 11.0. The van der Waals surface area contributed by atoms with Crippen LogP contribution in [0, 0.1) is 0 Å². The molecule has 128 valence electrons. The number of ketones is 1. The molecular formula is C18H14Cl2N2O2S. The molecule has 0 aliphatic rings. The van der Waals surface area contributed by atoms with Crippen molar-refractivity contribution >= 4 is 51.6 Å². The molecule has 0 bridgehead atoms. The van der Waals surface area contributed by atoms with Crippen molar-refractivity contribution in [1.82, 2.24) is 9.55 Å². The monoisotopic (exact) mass is 392 g/mol. The molecule has 3 aromatic rings. The van der Waals surface area contributed by atoms with Crippen molar-refractivity contribution in [3.63, 3.8) is 0 Å². The maximum Gasteiger partial charge on any atom is 0.262 e. The van der Waals surface area contributed by atoms with Gasteiger partial charge in [0.2, 0.25) is 0 Å². The minimum atomic E-state index is -0.142. The summed E-state index contributed by atoms with van der Waals surface area (Å²) in [5, 5.41) is 1.88. The average molecular weight is 393 g/mol. The lowest BCUT2D eigenvalue weighted by molar-refractivity contribution is 0.102. The Morgan fingerprint density at radius 2 is 1.96 bits per heavy atom. The summed E-state index contributed by atoms with van der Waals surface area (Å²) in [6.45, 7) is 2.36. The summed E-state index contributed by atoms with van der Waals surface area (Å²) in [5.41, 5.74) is 0.925. The van der Waals surface area contributed by atoms with E-state index < -0.39 is 0 Å². The molecule has 25 heavy (non-hydrogen) atoms. The van der Waals surface area contributed by atoms with Crippen LogP contribution in [0.2, 0.25) is 10.0 Å². The van der Waals surface area contributed by atoms with Crippen LogP contribution in [0.4, 0.5) is 0 Å². The summed E-state index contributed by atoms with van der Waals surface area (Å²) in [6, 6.07) is 12.0. The minimum absolute atomic E-state index is 0.104. The predicted molar refractivity (Wildman–Crippen MR) is 103 cm³/mol. The zero-order valence-corrected chi connectivity index (χ0v) is 15.7. The number of thioether (sulfide) groups is 1. The Morgan fingerprint density at radius 1 is 1.20 bits per heavy atom. The molecule has 2 aromatic carbocycles. The highest BCUT2D eigenvalue weighted by molar-refractivity contribution is 7.99. The number of benzene rings is 2. The van der Waals surface area contributed by atoms with E-state index in [9.17, 15) is 9.59 Å². The first-order chi connectivity index (χ1) is 12.0. The Kier molecular flexibility index (Phi) is 5.47. The molecule has 0 unspecified atom stereocenters. The zero-order valence-electron chi connectivity index (χ0n) is 13.3. The van der Waals surface area contributed by atoms with Crippen LogP contribution in [0.25, 0.3) is 10.9 Å². The zero-order chi connectivity index (χ0) is 18.0. The summed E-state index contributed by atoms with van der Waals surface area (Å²) >= 11 is 13.2. The highest BCUT2D eigenvalue weighted by Gasteiger charge is 2.15. The Labute approximate surface area is 158 Å². The van der Waals surface area contributed by atoms with E-state index in [4.69, 9.17) is 23.2 Å². The van der Waals surface area contributed by atoms with Gasteiger partial charge in [-0.15, -0.1) is 0 Å². The molecule has 1 heterocycles. The van der Waals surface area contributed by atoms with Crippen LogP contribution in [0.1, 0.15) is 17.3 Å². The topological polar surface area (TPSA) is 52.0 Å². The van der Waals surface area contributed by atoms with Gasteiger partial charge in [0.25, 0.3) is 5.56 Å². The third-order valence-electron chi connectivity index (χ3n) is 3.71. The second kappa shape index (κ2) is 7.60. The second-order valence-electron chi connectivity index (χ2n) is 5.30. The van der Waals surface area contributed by atoms with E-state index in [1.165, 1.54) is 17.8 Å². The Hall–Kier alpha value is -1.82. The maximum atomic E-state index is 12.6. The number of aromatic nitrogens is 2. The van der Waals surface area contributed by atoms with Crippen molar-refractivity contribution in [2.75, 3.05) is 5.75 Å². The van der Waals surface area contributed by atoms with Gasteiger partial charge in [-0.25, -0.2) is 4.98 Å². The average Bonchev–Trinajstić information content (AvgIpc) is 2.60. The molecule has 0 fully saturated rings. The smallest absolute Gasteiger partial charge is 0.262 e. The molecule has 0 N–H and O–H groups in total. The number of rotatable bonds is 5. The quantitative estimate of drug-likeness (QED) is 0.358. The lowest BCUT2D eigenvalue weighted by atomic mass is 10.1. The van der Waals surface area contributed by atoms with Gasteiger partial charge in [0, 0.05) is 17.1 Å². The molecule has 0 spiro atoms. The number of fused-ring (bicyclic) bond motifs is 1. The minimum Gasteiger partial charge on any atom is -0.293 e. The molecule has 0 saturated carbocycles. The van der Waals surface area contributed by atoms with E-state index in [2.05, 4.69) is 4.98 Å². The van der Waals surface area contributed by atoms with Crippen LogP contribution in [-0.2, 0) is 6.54 Å². The van der Waals surface area contributed by atoms with Gasteiger partial charge in [0.15, 0.2) is 10.9 Å². The molecule has 0 amide bonds. The standard InChI is InChI=1S/C18H14Cl2N2O2S/c1-2-22-17(24)13-5-3-4-6-15(13)21-18(22)25-10-16(23)12-8-7-11(19)9-14(12)20/h3-9H,2,10H2,1H3. The van der Waals surface area contributed by atoms with Crippen LogP contribution in [0.3, 0.4) is 0 Å². The SMILES string of the molecule is CCn1c(SCC(=O)c2ccc(Cl)cc2Cl)nc2ccccc2c1=O. The van der Waals surface area contributed by atoms with Crippen molar-refractivity contribution in [1.29, 1.82) is 0 Å². The molecule has 7 heteroatoms. The van der Waals surface area contributed by atoms with Crippen molar-refractivity contribution in [2.24, 2.45) is 0 Å². The number of carbonyl (C=O) groups is 1. The van der Waals surface area contributed by atoms with E-state index in [1.54, 1.807) is 28.8 Å². The molecule has 0 aliphatic heterocycles. The number of Topliss-reactive ketones (excluding diaryl/α,β-unsaturated/α-hetero) is 1. The number of hydrogen-bond acceptors (Lipinski definition) is 4. The fraction of sp³-hybridized carbons (Fsp3) is 0.167. The van der Waals surface area contributed by atoms with Crippen molar-refractivity contribution < 1.29 is 4.79 Å². The highest BCUT2D eigenvalue weighted by atomic mass is 35.5. The summed E-state index contributed by atoms with van der Waals surface area (Å²) in [5.74, 6) is -0.0108. The number of carbonyl (C=O) groups excluding carboxylic acids is 1. The van der Waals surface area contributed by atoms with Gasteiger partial charge in [0.1, 0.15) is 0 Å². The summed E-state index contributed by atoms with van der Waals surface area (Å²) < 4.78 is 1.57. The Balaban J connectivity index is 1.90. The Bertz CT molecular complexity index is 1020. The van der Waals surface area contributed by atoms with Gasteiger partial charge in [-0.1, -0.05) is 47.1 Å². The van der Waals surface area contributed by atoms with Crippen molar-refractivity contribution in [2.45, 2.75) is 18.6 Å². The fourth-order valence-corrected chi connectivity index (χ4v) is 3.92. The number of para-hydroxylation sites is 1. The van der Waals surface area contributed by atoms with E-state index in [1.807, 2.05) is 19.1 Å². The second-order valence-corrected chi connectivity index (χ2v) is 7.08. The number of nitrogens with zero attached hydrogens (tertiary/aromatic N) is 2. The number of halogens is 2. The lowest BCUT2D eigenvalue weighted by Gasteiger charge is -2.11. The molecule has 0 saturated heterocycles. The van der Waals surface area contributed by atoms with Gasteiger partial charge in [-0.2, -0.15) is 0 Å². The number of hydrogen-bond donors (Lipinski definition) is 0. The third-order valence-corrected chi connectivity index (χ3v) is 5.23. The van der Waals surface area contributed by atoms with Crippen LogP contribution < -0.4 is 5.56 Å². The van der Waals surface area contributed by atoms with Crippen LogP contribution in [-0.4, -0.2) is 21.1 Å². The molecule has 0 aliphatic carbocycles. The van der Waals surface area contributed by atoms with E-state index in [0.717, 1.165) is 0 Å². The molecule has 1 aromatic heterocycles. The summed E-state index contributed by atoms with van der Waals surface area (Å²) in [4.78, 5) is 29.5. The highest BCUT2D eigenvalue weighted by Crippen LogP contribution is 2.24. The first kappa shape index (κ1) is 18.0. The van der Waals surface area contributed by atoms with E-state index >= 15 is 0 Å². The van der Waals surface area contributed by atoms with Gasteiger partial charge in [0.05, 0.1) is 21.7 Å². The van der Waals surface area contributed by atoms with Crippen LogP contribution in [0.5, 0.6) is 0 Å². The predicted octanol–water partition coefficient (Wildman–Crippen LogP) is 4.70. The van der Waals surface area contributed by atoms with Gasteiger partial charge in [-0.05, 0) is 37.3 Å².